The third kappa shape index (κ3) is 73.5. The van der Waals surface area contributed by atoms with Crippen LogP contribution in [0.2, 0.25) is 0 Å². The van der Waals surface area contributed by atoms with Crippen LogP contribution in [0.4, 0.5) is 0 Å². The van der Waals surface area contributed by atoms with E-state index in [1.165, 1.54) is 38.5 Å². The Kier molecular flexibility index (Phi) is 78.6. The maximum Gasteiger partial charge on any atom is 1.00 e. The summed E-state index contributed by atoms with van der Waals surface area (Å²) in [6.07, 6.45) is 43.0. The molecule has 0 saturated heterocycles. The molecule has 0 spiro atoms. The van der Waals surface area contributed by atoms with Crippen molar-refractivity contribution in [2.24, 2.45) is 0 Å². The quantitative estimate of drug-likeness (QED) is 0.00945. The van der Waals surface area contributed by atoms with Crippen molar-refractivity contribution in [1.29, 1.82) is 0 Å². The van der Waals surface area contributed by atoms with Crippen LogP contribution >= 0.6 is 15.6 Å². The van der Waals surface area contributed by atoms with E-state index in [4.69, 9.17) is 37.0 Å². The first-order chi connectivity index (χ1) is 50.2. The molecule has 0 aromatic carbocycles. The summed E-state index contributed by atoms with van der Waals surface area (Å²) >= 11 is 0. The van der Waals surface area contributed by atoms with Crippen LogP contribution in [-0.2, 0) is 79.7 Å². The molecule has 7 atom stereocenters. The van der Waals surface area contributed by atoms with Gasteiger partial charge in [-0.15, -0.1) is 0 Å². The number of Topliss-reactive ketones (excluding diaryl/α,β-unsaturated/α-hetero) is 1. The molecule has 5 N–H and O–H groups in total. The van der Waals surface area contributed by atoms with Gasteiger partial charge in [-0.25, -0.2) is 0 Å². The topological polar surface area (TPSA) is 342 Å². The van der Waals surface area contributed by atoms with Crippen LogP contribution in [0, 0.1) is 0 Å². The third-order valence-corrected chi connectivity index (χ3v) is 19.4. The molecule has 24 nitrogen and oxygen atoms in total. The van der Waals surface area contributed by atoms with Crippen LogP contribution in [0.25, 0.3) is 0 Å². The Labute approximate surface area is 684 Å². The van der Waals surface area contributed by atoms with Gasteiger partial charge in [-0.05, 0) is 96.3 Å². The zero-order valence-corrected chi connectivity index (χ0v) is 73.2. The number of hydrogen-bond acceptors (Lipinski definition) is 20. The summed E-state index contributed by atoms with van der Waals surface area (Å²) in [5, 5.41) is 20.9. The van der Waals surface area contributed by atoms with Crippen molar-refractivity contribution in [3.63, 3.8) is 0 Å². The molecule has 0 aromatic rings. The second kappa shape index (κ2) is 77.0. The number of phosphoric acid groups is 2. The minimum atomic E-state index is -5.04. The Bertz CT molecular complexity index is 2330. The molecule has 0 heterocycles. The number of allylic oxidation sites excluding steroid dienone is 4. The number of ketones is 1. The molecule has 0 aromatic heterocycles. The molecule has 0 saturated carbocycles. The number of hydrogen-bond donors (Lipinski definition) is 5. The van der Waals surface area contributed by atoms with Crippen LogP contribution in [0.5, 0.6) is 0 Å². The summed E-state index contributed by atoms with van der Waals surface area (Å²) in [6, 6.07) is -2.01. The predicted molar refractivity (Wildman–Crippen MR) is 406 cm³/mol. The zero-order valence-electron chi connectivity index (χ0n) is 67.4. The summed E-state index contributed by atoms with van der Waals surface area (Å²) in [7, 11) is -10.1. The molecular formula is C78H144N4Na2O20P2. The second-order valence-corrected chi connectivity index (χ2v) is 30.4. The van der Waals surface area contributed by atoms with Gasteiger partial charge in [0.2, 0.25) is 23.6 Å². The van der Waals surface area contributed by atoms with Crippen molar-refractivity contribution >= 4 is 57.0 Å². The van der Waals surface area contributed by atoms with Gasteiger partial charge in [-0.1, -0.05) is 214 Å². The zero-order chi connectivity index (χ0) is 76.8. The molecule has 0 aliphatic heterocycles. The van der Waals surface area contributed by atoms with E-state index in [0.717, 1.165) is 161 Å². The smallest absolute Gasteiger partial charge is 0.756 e. The minimum absolute atomic E-state index is 0. The summed E-state index contributed by atoms with van der Waals surface area (Å²) in [5.74, 6) is -3.30. The molecule has 0 radical (unpaired) electrons. The average molecular weight is 1570 g/mol. The maximum atomic E-state index is 13.6. The Morgan fingerprint density at radius 1 is 0.377 bits per heavy atom. The fourth-order valence-corrected chi connectivity index (χ4v) is 12.8. The van der Waals surface area contributed by atoms with E-state index in [1.807, 2.05) is 0 Å². The molecular weight excluding hydrogens is 1420 g/mol. The number of phosphoric ester groups is 2. The molecule has 0 aliphatic rings. The Morgan fingerprint density at radius 3 is 1.19 bits per heavy atom. The first-order valence-corrected chi connectivity index (χ1v) is 43.5. The molecule has 0 bridgehead atoms. The van der Waals surface area contributed by atoms with E-state index >= 15 is 0 Å². The van der Waals surface area contributed by atoms with Gasteiger partial charge in [0.15, 0.2) is 0 Å². The number of aliphatic hydroxyl groups is 1. The SMILES string of the molecule is CCCCCC/C=C\CCCC(=O)OC(CCCCCCC)CCOCC(COP(=O)([O-])OCCNC(=O)CCC(=O)NCCOP(=O)([O-])OCC(COCCC(O)CCCCCCC)NC(=O)C[C@@H](CCCCCCC)OC(=O)CCC/C=C\CCCCCC)NC(=O)CC(=O)CCCCCCC.[Na+].[Na+]. The van der Waals surface area contributed by atoms with Crippen molar-refractivity contribution in [1.82, 2.24) is 21.3 Å². The number of nitrogens with one attached hydrogen (secondary N) is 4. The van der Waals surface area contributed by atoms with Gasteiger partial charge in [0.1, 0.15) is 18.0 Å². The van der Waals surface area contributed by atoms with Gasteiger partial charge in [0.05, 0.1) is 77.3 Å². The van der Waals surface area contributed by atoms with E-state index in [1.54, 1.807) is 0 Å². The number of amides is 4. The number of carbonyl (C=O) groups is 7. The first kappa shape index (κ1) is 108. The van der Waals surface area contributed by atoms with Gasteiger partial charge in [-0.3, -0.25) is 42.7 Å². The van der Waals surface area contributed by atoms with E-state index in [2.05, 4.69) is 87.1 Å². The molecule has 6 unspecified atom stereocenters. The summed E-state index contributed by atoms with van der Waals surface area (Å²) in [6.45, 7) is 9.91. The van der Waals surface area contributed by atoms with Gasteiger partial charge >= 0.3 is 71.1 Å². The summed E-state index contributed by atoms with van der Waals surface area (Å²) in [4.78, 5) is 117. The normalized spacial score (nSPS) is 14.0. The van der Waals surface area contributed by atoms with Gasteiger partial charge in [0, 0.05) is 58.2 Å². The van der Waals surface area contributed by atoms with Crippen LogP contribution in [-0.4, -0.2) is 143 Å². The Balaban J connectivity index is -0.0000530. The summed E-state index contributed by atoms with van der Waals surface area (Å²) < 4.78 is 69.8. The number of aliphatic hydroxyl groups excluding tert-OH is 1. The van der Waals surface area contributed by atoms with E-state index < -0.39 is 108 Å². The monoisotopic (exact) mass is 1560 g/mol. The second-order valence-electron chi connectivity index (χ2n) is 27.6. The van der Waals surface area contributed by atoms with E-state index in [0.29, 0.717) is 51.4 Å². The van der Waals surface area contributed by atoms with Crippen molar-refractivity contribution in [2.75, 3.05) is 65.9 Å². The van der Waals surface area contributed by atoms with Crippen LogP contribution < -0.4 is 90.2 Å². The van der Waals surface area contributed by atoms with E-state index in [9.17, 15) is 57.6 Å². The fraction of sp³-hybridized carbons (Fsp3) is 0.859. The van der Waals surface area contributed by atoms with Crippen LogP contribution in [0.1, 0.15) is 337 Å². The summed E-state index contributed by atoms with van der Waals surface area (Å²) in [5.41, 5.74) is 0. The largest absolute Gasteiger partial charge is 1.00 e. The molecule has 0 rings (SSSR count). The number of ether oxygens (including phenoxy) is 4. The van der Waals surface area contributed by atoms with Crippen molar-refractivity contribution in [3.8, 4) is 0 Å². The van der Waals surface area contributed by atoms with Gasteiger partial charge in [-0.2, -0.15) is 0 Å². The van der Waals surface area contributed by atoms with Gasteiger partial charge < -0.3 is 73.2 Å². The first-order valence-electron chi connectivity index (χ1n) is 40.6. The molecule has 28 heteroatoms. The van der Waals surface area contributed by atoms with Crippen molar-refractivity contribution in [2.45, 2.75) is 367 Å². The number of esters is 2. The maximum absolute atomic E-state index is 13.6. The number of unbranched alkanes of at least 4 members (excludes halogenated alkanes) is 26. The Hall–Kier alpha value is -1.93. The van der Waals surface area contributed by atoms with Crippen molar-refractivity contribution in [3.05, 3.63) is 24.3 Å². The standard InChI is InChI=1S/C78H146N4O20P2.2Na/c1-7-13-19-25-27-29-31-37-43-49-77(89)101-71(47-41-35-23-17-11-5)54-58-96-64-67(81-75(87)61-70(84)46-40-34-22-16-10-4)65-99-103(91,92)97-59-55-79-73(85)51-52-74(86)80-56-60-98-104(93,94)100-66-68(63-95-57-53-69(83)45-39-33-21-15-9-3)82-76(88)62-72(48-42-36-24-18-12-6)102-78(90)50-44-38-32-30-28-26-20-14-8-2;;/h29-32,67-69,71-72,83H,7-28,33-66H2,1-6H3,(H,79,85)(H,80,86)(H,81,87)(H,82,88)(H,91,92)(H,93,94);;/q;2*+1/p-2/b31-29-,32-30-;;/t67?,68?,69?,71?,72-;;/m1../s1. The van der Waals surface area contributed by atoms with E-state index in [-0.39, 0.29) is 149 Å². The fourth-order valence-electron chi connectivity index (χ4n) is 11.3. The molecule has 0 aliphatic carbocycles. The van der Waals surface area contributed by atoms with Crippen molar-refractivity contribution < 1.29 is 154 Å². The van der Waals surface area contributed by atoms with Crippen LogP contribution in [0.15, 0.2) is 24.3 Å². The third-order valence-electron chi connectivity index (χ3n) is 17.5. The molecule has 0 fully saturated rings. The predicted octanol–water partition coefficient (Wildman–Crippen LogP) is 9.16. The number of rotatable bonds is 77. The molecule has 608 valence electrons. The molecule has 4 amide bonds. The molecule has 106 heavy (non-hydrogen) atoms. The van der Waals surface area contributed by atoms with Gasteiger partial charge in [0.25, 0.3) is 15.6 Å². The minimum Gasteiger partial charge on any atom is -0.756 e. The number of carbonyl (C=O) groups excluding carboxylic acids is 7. The van der Waals surface area contributed by atoms with Crippen LogP contribution in [0.3, 0.4) is 0 Å². The average Bonchev–Trinajstić information content (AvgIpc) is 0.913. The Morgan fingerprint density at radius 2 is 0.745 bits per heavy atom.